The van der Waals surface area contributed by atoms with E-state index in [0.717, 1.165) is 11.1 Å². The number of aryl methyl sites for hydroxylation is 1. The number of benzene rings is 1. The quantitative estimate of drug-likeness (QED) is 0.558. The number of rotatable bonds is 0. The van der Waals surface area contributed by atoms with Gasteiger partial charge in [0, 0.05) is 16.5 Å². The Morgan fingerprint density at radius 2 is 1.80 bits per heavy atom. The van der Waals surface area contributed by atoms with Crippen molar-refractivity contribution in [2.24, 2.45) is 5.41 Å². The Morgan fingerprint density at radius 1 is 1.13 bits per heavy atom. The predicted octanol–water partition coefficient (Wildman–Crippen LogP) is 3.37. The van der Waals surface area contributed by atoms with Crippen LogP contribution in [0, 0.1) is 36.5 Å². The summed E-state index contributed by atoms with van der Waals surface area (Å²) in [5.74, 6) is 9.00. The highest BCUT2D eigenvalue weighted by Crippen LogP contribution is 2.13. The molecule has 0 unspecified atom stereocenters. The highest BCUT2D eigenvalue weighted by atomic mass is 14.1. The molecule has 76 valence electrons. The molecule has 1 rings (SSSR count). The standard InChI is InChI=1S/C15H16/c1-6-13-8-7-12(2)11-14(13)9-10-15(3,4)5/h1,7-8,11H,2-5H3. The highest BCUT2D eigenvalue weighted by molar-refractivity contribution is 5.51. The minimum atomic E-state index is 0.00954. The second kappa shape index (κ2) is 4.24. The van der Waals surface area contributed by atoms with E-state index in [1.165, 1.54) is 5.56 Å². The lowest BCUT2D eigenvalue weighted by Crippen LogP contribution is -1.99. The fourth-order valence-corrected chi connectivity index (χ4v) is 1.14. The molecule has 0 fully saturated rings. The smallest absolute Gasteiger partial charge is 0.0404 e. The Morgan fingerprint density at radius 3 is 2.33 bits per heavy atom. The van der Waals surface area contributed by atoms with E-state index in [1.54, 1.807) is 0 Å². The Balaban J connectivity index is 3.19. The molecule has 0 radical (unpaired) electrons. The second-order valence-corrected chi connectivity index (χ2v) is 4.69. The SMILES string of the molecule is C#Cc1ccc(C)cc1C#CC(C)(C)C. The van der Waals surface area contributed by atoms with Crippen molar-refractivity contribution in [3.05, 3.63) is 34.9 Å². The molecule has 0 saturated carbocycles. The lowest BCUT2D eigenvalue weighted by Gasteiger charge is -2.07. The van der Waals surface area contributed by atoms with E-state index in [9.17, 15) is 0 Å². The van der Waals surface area contributed by atoms with Gasteiger partial charge in [0.15, 0.2) is 0 Å². The lowest BCUT2D eigenvalue weighted by atomic mass is 9.96. The molecular formula is C15H16. The van der Waals surface area contributed by atoms with Gasteiger partial charge in [-0.15, -0.1) is 6.42 Å². The summed E-state index contributed by atoms with van der Waals surface area (Å²) in [7, 11) is 0. The van der Waals surface area contributed by atoms with Gasteiger partial charge in [0.2, 0.25) is 0 Å². The summed E-state index contributed by atoms with van der Waals surface area (Å²) in [4.78, 5) is 0. The number of terminal acetylenes is 1. The molecule has 1 aromatic carbocycles. The van der Waals surface area contributed by atoms with Gasteiger partial charge in [-0.2, -0.15) is 0 Å². The summed E-state index contributed by atoms with van der Waals surface area (Å²) in [6.45, 7) is 8.31. The third-order valence-electron chi connectivity index (χ3n) is 1.90. The van der Waals surface area contributed by atoms with Crippen LogP contribution in [0.2, 0.25) is 0 Å². The summed E-state index contributed by atoms with van der Waals surface area (Å²) in [6.07, 6.45) is 5.42. The van der Waals surface area contributed by atoms with Crippen LogP contribution in [0.25, 0.3) is 0 Å². The van der Waals surface area contributed by atoms with E-state index in [1.807, 2.05) is 25.1 Å². The van der Waals surface area contributed by atoms with Crippen molar-refractivity contribution in [1.29, 1.82) is 0 Å². The highest BCUT2D eigenvalue weighted by Gasteiger charge is 2.04. The lowest BCUT2D eigenvalue weighted by molar-refractivity contribution is 0.571. The fourth-order valence-electron chi connectivity index (χ4n) is 1.14. The number of hydrogen-bond acceptors (Lipinski definition) is 0. The van der Waals surface area contributed by atoms with E-state index in [4.69, 9.17) is 6.42 Å². The third-order valence-corrected chi connectivity index (χ3v) is 1.90. The maximum absolute atomic E-state index is 5.42. The third kappa shape index (κ3) is 3.53. The molecule has 0 aliphatic rings. The van der Waals surface area contributed by atoms with Crippen molar-refractivity contribution < 1.29 is 0 Å². The molecule has 0 aliphatic heterocycles. The van der Waals surface area contributed by atoms with Crippen molar-refractivity contribution in [2.75, 3.05) is 0 Å². The van der Waals surface area contributed by atoms with Crippen LogP contribution in [0.1, 0.15) is 37.5 Å². The molecule has 0 heterocycles. The molecular weight excluding hydrogens is 180 g/mol. The van der Waals surface area contributed by atoms with Gasteiger partial charge in [0.05, 0.1) is 0 Å². The summed E-state index contributed by atoms with van der Waals surface area (Å²) >= 11 is 0. The van der Waals surface area contributed by atoms with Crippen LogP contribution in [0.5, 0.6) is 0 Å². The summed E-state index contributed by atoms with van der Waals surface area (Å²) < 4.78 is 0. The average Bonchev–Trinajstić information content (AvgIpc) is 2.14. The molecule has 0 spiro atoms. The van der Waals surface area contributed by atoms with Crippen LogP contribution in [0.4, 0.5) is 0 Å². The van der Waals surface area contributed by atoms with Gasteiger partial charge in [-0.3, -0.25) is 0 Å². The van der Waals surface area contributed by atoms with Crippen LogP contribution >= 0.6 is 0 Å². The van der Waals surface area contributed by atoms with Gasteiger partial charge in [0.1, 0.15) is 0 Å². The first-order valence-corrected chi connectivity index (χ1v) is 5.03. The Bertz CT molecular complexity index is 454. The van der Waals surface area contributed by atoms with Gasteiger partial charge in [-0.25, -0.2) is 0 Å². The molecule has 0 N–H and O–H groups in total. The molecule has 15 heavy (non-hydrogen) atoms. The van der Waals surface area contributed by atoms with Crippen molar-refractivity contribution in [1.82, 2.24) is 0 Å². The van der Waals surface area contributed by atoms with Gasteiger partial charge in [-0.1, -0.05) is 23.8 Å². The zero-order chi connectivity index (χ0) is 11.5. The molecule has 0 bridgehead atoms. The van der Waals surface area contributed by atoms with Crippen molar-refractivity contribution in [3.8, 4) is 24.2 Å². The molecule has 0 aromatic heterocycles. The minimum absolute atomic E-state index is 0.00954. The summed E-state index contributed by atoms with van der Waals surface area (Å²) in [5, 5.41) is 0. The average molecular weight is 196 g/mol. The van der Waals surface area contributed by atoms with Crippen LogP contribution in [-0.2, 0) is 0 Å². The molecule has 0 heteroatoms. The van der Waals surface area contributed by atoms with Crippen LogP contribution < -0.4 is 0 Å². The maximum Gasteiger partial charge on any atom is 0.0404 e. The fraction of sp³-hybridized carbons (Fsp3) is 0.333. The van der Waals surface area contributed by atoms with Crippen LogP contribution in [0.15, 0.2) is 18.2 Å². The molecule has 0 atom stereocenters. The Labute approximate surface area is 92.7 Å². The Hall–Kier alpha value is -1.66. The van der Waals surface area contributed by atoms with Gasteiger partial charge in [0.25, 0.3) is 0 Å². The normalized spacial score (nSPS) is 10.1. The van der Waals surface area contributed by atoms with E-state index in [2.05, 4.69) is 38.5 Å². The van der Waals surface area contributed by atoms with E-state index >= 15 is 0 Å². The first-order valence-electron chi connectivity index (χ1n) is 5.03. The maximum atomic E-state index is 5.42. The van der Waals surface area contributed by atoms with Gasteiger partial charge >= 0.3 is 0 Å². The first-order chi connectivity index (χ1) is 6.92. The van der Waals surface area contributed by atoms with E-state index in [-0.39, 0.29) is 5.41 Å². The number of hydrogen-bond donors (Lipinski definition) is 0. The van der Waals surface area contributed by atoms with Gasteiger partial charge in [-0.05, 0) is 45.4 Å². The molecule has 0 aliphatic carbocycles. The zero-order valence-corrected chi connectivity index (χ0v) is 9.81. The van der Waals surface area contributed by atoms with Crippen molar-refractivity contribution in [3.63, 3.8) is 0 Å². The van der Waals surface area contributed by atoms with Crippen molar-refractivity contribution in [2.45, 2.75) is 27.7 Å². The predicted molar refractivity (Wildman–Crippen MR) is 65.4 cm³/mol. The second-order valence-electron chi connectivity index (χ2n) is 4.69. The molecule has 0 amide bonds. The van der Waals surface area contributed by atoms with Crippen molar-refractivity contribution >= 4 is 0 Å². The first kappa shape index (κ1) is 11.4. The monoisotopic (exact) mass is 196 g/mol. The zero-order valence-electron chi connectivity index (χ0n) is 9.81. The van der Waals surface area contributed by atoms with E-state index < -0.39 is 0 Å². The molecule has 0 saturated heterocycles. The summed E-state index contributed by atoms with van der Waals surface area (Å²) in [6, 6.07) is 5.99. The largest absolute Gasteiger partial charge is 0.115 e. The molecule has 1 aromatic rings. The molecule has 0 nitrogen and oxygen atoms in total. The topological polar surface area (TPSA) is 0 Å². The summed E-state index contributed by atoms with van der Waals surface area (Å²) in [5.41, 5.74) is 3.02. The van der Waals surface area contributed by atoms with E-state index in [0.29, 0.717) is 0 Å². The minimum Gasteiger partial charge on any atom is -0.115 e. The van der Waals surface area contributed by atoms with Crippen LogP contribution in [0.3, 0.4) is 0 Å². The van der Waals surface area contributed by atoms with Crippen LogP contribution in [-0.4, -0.2) is 0 Å². The Kier molecular flexibility index (Phi) is 3.23. The van der Waals surface area contributed by atoms with Gasteiger partial charge < -0.3 is 0 Å².